The third-order valence-electron chi connectivity index (χ3n) is 2.38. The van der Waals surface area contributed by atoms with Crippen molar-refractivity contribution in [3.8, 4) is 6.07 Å². The number of nitrogens with zero attached hydrogens (tertiary/aromatic N) is 3. The number of halogens is 3. The van der Waals surface area contributed by atoms with Gasteiger partial charge in [-0.25, -0.2) is 9.97 Å². The molecular formula is C13H8F3N3S. The van der Waals surface area contributed by atoms with Crippen LogP contribution in [0.15, 0.2) is 40.6 Å². The van der Waals surface area contributed by atoms with Crippen LogP contribution < -0.4 is 0 Å². The first kappa shape index (κ1) is 14.3. The lowest BCUT2D eigenvalue weighted by molar-refractivity contribution is -0.137. The van der Waals surface area contributed by atoms with E-state index in [1.54, 1.807) is 18.5 Å². The molecule has 1 heterocycles. The molecule has 1 aromatic heterocycles. The number of benzene rings is 1. The molecule has 20 heavy (non-hydrogen) atoms. The Labute approximate surface area is 117 Å². The van der Waals surface area contributed by atoms with Crippen LogP contribution in [0, 0.1) is 18.3 Å². The van der Waals surface area contributed by atoms with Gasteiger partial charge in [-0.1, -0.05) is 0 Å². The zero-order valence-electron chi connectivity index (χ0n) is 10.3. The van der Waals surface area contributed by atoms with E-state index in [2.05, 4.69) is 9.97 Å². The van der Waals surface area contributed by atoms with E-state index < -0.39 is 17.3 Å². The summed E-state index contributed by atoms with van der Waals surface area (Å²) in [4.78, 5) is 8.58. The van der Waals surface area contributed by atoms with E-state index in [0.717, 1.165) is 23.4 Å². The molecule has 3 nitrogen and oxygen atoms in total. The van der Waals surface area contributed by atoms with Gasteiger partial charge < -0.3 is 0 Å². The summed E-state index contributed by atoms with van der Waals surface area (Å²) in [5, 5.41) is 9.23. The van der Waals surface area contributed by atoms with E-state index in [9.17, 15) is 13.2 Å². The maximum atomic E-state index is 12.7. The van der Waals surface area contributed by atoms with Gasteiger partial charge >= 0.3 is 6.18 Å². The first-order valence-electron chi connectivity index (χ1n) is 5.48. The molecule has 0 N–H and O–H groups in total. The second kappa shape index (κ2) is 5.51. The van der Waals surface area contributed by atoms with E-state index in [-0.39, 0.29) is 0 Å². The largest absolute Gasteiger partial charge is 0.417 e. The Hall–Kier alpha value is -2.07. The highest BCUT2D eigenvalue weighted by Crippen LogP contribution is 2.34. The summed E-state index contributed by atoms with van der Waals surface area (Å²) in [7, 11) is 0. The Morgan fingerprint density at radius 1 is 1.20 bits per heavy atom. The van der Waals surface area contributed by atoms with Gasteiger partial charge in [-0.05, 0) is 42.4 Å². The monoisotopic (exact) mass is 295 g/mol. The molecule has 0 saturated carbocycles. The van der Waals surface area contributed by atoms with Crippen molar-refractivity contribution in [3.05, 3.63) is 47.3 Å². The van der Waals surface area contributed by atoms with Crippen molar-refractivity contribution in [2.24, 2.45) is 0 Å². The maximum absolute atomic E-state index is 12.7. The molecule has 1 aromatic carbocycles. The van der Waals surface area contributed by atoms with Gasteiger partial charge in [0.05, 0.1) is 17.2 Å². The molecule has 0 bridgehead atoms. The molecule has 0 aliphatic rings. The van der Waals surface area contributed by atoms with Crippen LogP contribution in [0.3, 0.4) is 0 Å². The van der Waals surface area contributed by atoms with Gasteiger partial charge in [-0.3, -0.25) is 0 Å². The molecule has 0 fully saturated rings. The summed E-state index contributed by atoms with van der Waals surface area (Å²) in [6, 6.07) is 4.96. The minimum Gasteiger partial charge on any atom is -0.231 e. The van der Waals surface area contributed by atoms with Gasteiger partial charge in [-0.15, -0.1) is 0 Å². The fourth-order valence-electron chi connectivity index (χ4n) is 1.47. The van der Waals surface area contributed by atoms with E-state index >= 15 is 0 Å². The highest BCUT2D eigenvalue weighted by molar-refractivity contribution is 7.99. The molecule has 0 unspecified atom stereocenters. The minimum absolute atomic E-state index is 0.408. The van der Waals surface area contributed by atoms with Gasteiger partial charge in [-0.2, -0.15) is 18.4 Å². The van der Waals surface area contributed by atoms with Crippen molar-refractivity contribution in [2.45, 2.75) is 23.2 Å². The van der Waals surface area contributed by atoms with Crippen LogP contribution in [0.2, 0.25) is 0 Å². The summed E-state index contributed by atoms with van der Waals surface area (Å²) in [6.07, 6.45) is -1.30. The second-order valence-electron chi connectivity index (χ2n) is 3.96. The molecule has 0 spiro atoms. The molecule has 0 aliphatic carbocycles. The number of aryl methyl sites for hydroxylation is 1. The van der Waals surface area contributed by atoms with Crippen LogP contribution in [0.4, 0.5) is 13.2 Å². The van der Waals surface area contributed by atoms with Crippen LogP contribution in [0.5, 0.6) is 0 Å². The smallest absolute Gasteiger partial charge is 0.231 e. The first-order chi connectivity index (χ1) is 9.40. The number of hydrogen-bond donors (Lipinski definition) is 0. The summed E-state index contributed by atoms with van der Waals surface area (Å²) >= 11 is 1.10. The van der Waals surface area contributed by atoms with Crippen LogP contribution in [0.1, 0.15) is 16.7 Å². The van der Waals surface area contributed by atoms with Crippen LogP contribution in [-0.2, 0) is 6.18 Å². The lowest BCUT2D eigenvalue weighted by Gasteiger charge is -2.09. The second-order valence-corrected chi connectivity index (χ2v) is 5.00. The fraction of sp³-hybridized carbons (Fsp3) is 0.154. The van der Waals surface area contributed by atoms with Crippen molar-refractivity contribution in [3.63, 3.8) is 0 Å². The molecule has 0 radical (unpaired) electrons. The molecule has 0 saturated heterocycles. The molecule has 102 valence electrons. The predicted molar refractivity (Wildman–Crippen MR) is 67.1 cm³/mol. The zero-order chi connectivity index (χ0) is 14.8. The van der Waals surface area contributed by atoms with E-state index in [1.165, 1.54) is 12.1 Å². The molecule has 2 rings (SSSR count). The van der Waals surface area contributed by atoms with Crippen molar-refractivity contribution in [2.75, 3.05) is 0 Å². The number of nitriles is 1. The lowest BCUT2D eigenvalue weighted by atomic mass is 10.1. The fourth-order valence-corrected chi connectivity index (χ4v) is 2.20. The van der Waals surface area contributed by atoms with Gasteiger partial charge in [0, 0.05) is 17.3 Å². The quantitative estimate of drug-likeness (QED) is 0.790. The Morgan fingerprint density at radius 3 is 2.40 bits per heavy atom. The predicted octanol–water partition coefficient (Wildman–Crippen LogP) is 3.83. The summed E-state index contributed by atoms with van der Waals surface area (Å²) < 4.78 is 38.0. The molecule has 0 amide bonds. The Morgan fingerprint density at radius 2 is 1.85 bits per heavy atom. The molecule has 0 aliphatic heterocycles. The molecule has 0 atom stereocenters. The van der Waals surface area contributed by atoms with Gasteiger partial charge in [0.15, 0.2) is 5.16 Å². The summed E-state index contributed by atoms with van der Waals surface area (Å²) in [5.74, 6) is 0. The van der Waals surface area contributed by atoms with Gasteiger partial charge in [0.25, 0.3) is 0 Å². The standard InChI is InChI=1S/C13H8F3N3S/c1-8-6-18-12(19-7-8)20-10-2-3-11(13(14,15)16)9(4-10)5-17/h2-4,6-7H,1H3. The van der Waals surface area contributed by atoms with Crippen LogP contribution in [0.25, 0.3) is 0 Å². The Balaban J connectivity index is 2.31. The SMILES string of the molecule is Cc1cnc(Sc2ccc(C(F)(F)F)c(C#N)c2)nc1. The van der Waals surface area contributed by atoms with Crippen LogP contribution in [-0.4, -0.2) is 9.97 Å². The van der Waals surface area contributed by atoms with Crippen molar-refractivity contribution < 1.29 is 13.2 Å². The van der Waals surface area contributed by atoms with Crippen LogP contribution >= 0.6 is 11.8 Å². The van der Waals surface area contributed by atoms with E-state index in [4.69, 9.17) is 5.26 Å². The Kier molecular flexibility index (Phi) is 3.95. The highest BCUT2D eigenvalue weighted by atomic mass is 32.2. The number of rotatable bonds is 2. The third-order valence-corrected chi connectivity index (χ3v) is 3.27. The topological polar surface area (TPSA) is 49.6 Å². The average molecular weight is 295 g/mol. The average Bonchev–Trinajstić information content (AvgIpc) is 2.40. The normalized spacial score (nSPS) is 11.2. The zero-order valence-corrected chi connectivity index (χ0v) is 11.1. The summed E-state index contributed by atoms with van der Waals surface area (Å²) in [6.45, 7) is 1.83. The van der Waals surface area contributed by atoms with Crippen molar-refractivity contribution in [1.82, 2.24) is 9.97 Å². The van der Waals surface area contributed by atoms with E-state index in [0.29, 0.717) is 10.1 Å². The Bertz CT molecular complexity index is 660. The lowest BCUT2D eigenvalue weighted by Crippen LogP contribution is -2.07. The van der Waals surface area contributed by atoms with Crippen molar-refractivity contribution in [1.29, 1.82) is 5.26 Å². The van der Waals surface area contributed by atoms with Crippen molar-refractivity contribution >= 4 is 11.8 Å². The first-order valence-corrected chi connectivity index (χ1v) is 6.29. The van der Waals surface area contributed by atoms with E-state index in [1.807, 2.05) is 6.92 Å². The number of hydrogen-bond acceptors (Lipinski definition) is 4. The van der Waals surface area contributed by atoms with Gasteiger partial charge in [0.1, 0.15) is 0 Å². The molecular weight excluding hydrogens is 287 g/mol. The third kappa shape index (κ3) is 3.27. The molecule has 7 heteroatoms. The summed E-state index contributed by atoms with van der Waals surface area (Å²) in [5.41, 5.74) is -0.455. The molecule has 2 aromatic rings. The minimum atomic E-state index is -4.53. The van der Waals surface area contributed by atoms with Gasteiger partial charge in [0.2, 0.25) is 0 Å². The highest BCUT2D eigenvalue weighted by Gasteiger charge is 2.33. The number of aromatic nitrogens is 2. The number of alkyl halides is 3. The maximum Gasteiger partial charge on any atom is 0.417 e.